The number of aromatic amines is 1. The van der Waals surface area contributed by atoms with Crippen molar-refractivity contribution < 1.29 is 37.3 Å². The predicted molar refractivity (Wildman–Crippen MR) is 127 cm³/mol. The fraction of sp³-hybridized carbons (Fsp3) is 0.217. The molecule has 190 valence electrons. The van der Waals surface area contributed by atoms with Crippen molar-refractivity contribution in [1.29, 1.82) is 0 Å². The number of fused-ring (bicyclic) bond motifs is 1. The largest absolute Gasteiger partial charge is 0.493 e. The van der Waals surface area contributed by atoms with Crippen molar-refractivity contribution >= 4 is 39.2 Å². The number of anilines is 1. The maximum Gasteiger partial charge on any atom is 0.490 e. The van der Waals surface area contributed by atoms with E-state index in [0.29, 0.717) is 23.1 Å². The Kier molecular flexibility index (Phi) is 8.48. The van der Waals surface area contributed by atoms with Crippen LogP contribution in [0.4, 0.5) is 18.3 Å². The lowest BCUT2D eigenvalue weighted by atomic mass is 10.1. The van der Waals surface area contributed by atoms with Gasteiger partial charge in [0.15, 0.2) is 11.5 Å². The maximum atomic E-state index is 12.4. The summed E-state index contributed by atoms with van der Waals surface area (Å²) in [6.07, 6.45) is -2.35. The van der Waals surface area contributed by atoms with Gasteiger partial charge in [-0.15, -0.1) is 10.2 Å². The molecule has 0 aliphatic rings. The minimum atomic E-state index is -5.08. The first-order valence-electron chi connectivity index (χ1n) is 10.3. The molecule has 0 aliphatic carbocycles. The zero-order valence-electron chi connectivity index (χ0n) is 19.0. The number of benzene rings is 2. The molecule has 0 aliphatic heterocycles. The molecule has 9 nitrogen and oxygen atoms in total. The molecular weight excluding hydrogens is 501 g/mol. The number of nitrogens with one attached hydrogen (secondary N) is 2. The Labute approximate surface area is 206 Å². The molecule has 4 aromatic rings. The van der Waals surface area contributed by atoms with Gasteiger partial charge in [-0.2, -0.15) is 13.2 Å². The fourth-order valence-corrected chi connectivity index (χ4v) is 3.95. The second kappa shape index (κ2) is 11.5. The van der Waals surface area contributed by atoms with E-state index in [9.17, 15) is 18.0 Å². The number of rotatable bonds is 7. The van der Waals surface area contributed by atoms with Crippen molar-refractivity contribution in [3.63, 3.8) is 0 Å². The molecule has 0 saturated carbocycles. The molecule has 0 atom stereocenters. The molecule has 0 bridgehead atoms. The van der Waals surface area contributed by atoms with Crippen LogP contribution in [0.1, 0.15) is 16.1 Å². The van der Waals surface area contributed by atoms with E-state index < -0.39 is 12.1 Å². The minimum Gasteiger partial charge on any atom is -0.493 e. The number of hydrogen-bond acceptors (Lipinski definition) is 7. The number of halogens is 3. The molecule has 1 amide bonds. The number of methoxy groups -OCH3 is 2. The number of aromatic nitrogens is 3. The average Bonchev–Trinajstić information content (AvgIpc) is 3.45. The highest BCUT2D eigenvalue weighted by molar-refractivity contribution is 7.15. The number of H-pyrrole nitrogens is 1. The molecule has 0 spiro atoms. The number of para-hydroxylation sites is 1. The second-order valence-corrected chi connectivity index (χ2v) is 8.32. The number of nitrogens with zero attached hydrogens (tertiary/aromatic N) is 2. The van der Waals surface area contributed by atoms with Crippen LogP contribution in [-0.2, 0) is 22.4 Å². The Hall–Kier alpha value is -4.13. The van der Waals surface area contributed by atoms with Gasteiger partial charge < -0.3 is 24.9 Å². The Bertz CT molecular complexity index is 1350. The zero-order chi connectivity index (χ0) is 26.3. The quantitative estimate of drug-likeness (QED) is 0.328. The molecule has 0 saturated heterocycles. The molecule has 2 heterocycles. The van der Waals surface area contributed by atoms with Crippen LogP contribution in [0.25, 0.3) is 10.9 Å². The van der Waals surface area contributed by atoms with E-state index in [0.717, 1.165) is 27.0 Å². The van der Waals surface area contributed by atoms with E-state index >= 15 is 0 Å². The molecule has 4 rings (SSSR count). The number of carboxylic acid groups (broad SMARTS) is 1. The van der Waals surface area contributed by atoms with Crippen LogP contribution >= 0.6 is 11.3 Å². The standard InChI is InChI=1S/C21H20N4O3S.C2HF3O2/c1-27-17-8-7-13(9-18(17)28-2)10-20-24-25-21(29-20)23-19(26)11-14-12-22-16-6-4-3-5-15(14)16;3-2(4,5)1(6)7/h3-9,12,22H,10-11H2,1-2H3,(H,23,25,26);(H,6,7). The molecule has 13 heteroatoms. The van der Waals surface area contributed by atoms with Gasteiger partial charge in [0.1, 0.15) is 5.01 Å². The molecule has 0 unspecified atom stereocenters. The Balaban J connectivity index is 0.000000454. The van der Waals surface area contributed by atoms with Crippen LogP contribution in [0, 0.1) is 0 Å². The van der Waals surface area contributed by atoms with Gasteiger partial charge >= 0.3 is 12.1 Å². The lowest BCUT2D eigenvalue weighted by Gasteiger charge is -2.08. The van der Waals surface area contributed by atoms with Crippen molar-refractivity contribution in [2.45, 2.75) is 19.0 Å². The molecular formula is C23H21F3N4O5S. The SMILES string of the molecule is COc1ccc(Cc2nnc(NC(=O)Cc3c[nH]c4ccccc34)s2)cc1OC.O=C(O)C(F)(F)F. The molecule has 36 heavy (non-hydrogen) atoms. The lowest BCUT2D eigenvalue weighted by molar-refractivity contribution is -0.192. The molecule has 2 aromatic carbocycles. The Morgan fingerprint density at radius 2 is 1.78 bits per heavy atom. The summed E-state index contributed by atoms with van der Waals surface area (Å²) in [5.41, 5.74) is 2.99. The van der Waals surface area contributed by atoms with Gasteiger partial charge in [0.05, 0.1) is 20.6 Å². The minimum absolute atomic E-state index is 0.122. The van der Waals surface area contributed by atoms with Gasteiger partial charge in [-0.1, -0.05) is 35.6 Å². The summed E-state index contributed by atoms with van der Waals surface area (Å²) in [5.74, 6) is -1.53. The first-order chi connectivity index (χ1) is 17.1. The summed E-state index contributed by atoms with van der Waals surface area (Å²) in [6, 6.07) is 13.6. The van der Waals surface area contributed by atoms with E-state index in [1.807, 2.05) is 48.7 Å². The van der Waals surface area contributed by atoms with Crippen LogP contribution in [-0.4, -0.2) is 52.6 Å². The van der Waals surface area contributed by atoms with Crippen LogP contribution in [0.2, 0.25) is 0 Å². The summed E-state index contributed by atoms with van der Waals surface area (Å²) in [5, 5.41) is 20.6. The van der Waals surface area contributed by atoms with E-state index in [1.54, 1.807) is 14.2 Å². The summed E-state index contributed by atoms with van der Waals surface area (Å²) >= 11 is 1.36. The summed E-state index contributed by atoms with van der Waals surface area (Å²) in [6.45, 7) is 0. The normalized spacial score (nSPS) is 10.9. The van der Waals surface area contributed by atoms with E-state index in [2.05, 4.69) is 20.5 Å². The number of carbonyl (C=O) groups excluding carboxylic acids is 1. The van der Waals surface area contributed by atoms with Crippen molar-refractivity contribution in [2.75, 3.05) is 19.5 Å². The van der Waals surface area contributed by atoms with E-state index in [4.69, 9.17) is 19.4 Å². The number of ether oxygens (including phenoxy) is 2. The number of hydrogen-bond donors (Lipinski definition) is 3. The molecule has 0 fully saturated rings. The van der Waals surface area contributed by atoms with Crippen LogP contribution in [0.3, 0.4) is 0 Å². The highest BCUT2D eigenvalue weighted by Gasteiger charge is 2.38. The third kappa shape index (κ3) is 6.95. The van der Waals surface area contributed by atoms with Crippen molar-refractivity contribution in [3.05, 3.63) is 64.8 Å². The third-order valence-electron chi connectivity index (χ3n) is 4.78. The maximum absolute atomic E-state index is 12.4. The van der Waals surface area contributed by atoms with Gasteiger partial charge in [0.25, 0.3) is 0 Å². The molecule has 3 N–H and O–H groups in total. The topological polar surface area (TPSA) is 126 Å². The summed E-state index contributed by atoms with van der Waals surface area (Å²) < 4.78 is 42.3. The first-order valence-corrected chi connectivity index (χ1v) is 11.1. The van der Waals surface area contributed by atoms with Gasteiger partial charge in [-0.3, -0.25) is 4.79 Å². The van der Waals surface area contributed by atoms with Crippen molar-refractivity contribution in [3.8, 4) is 11.5 Å². The van der Waals surface area contributed by atoms with Crippen LogP contribution in [0.5, 0.6) is 11.5 Å². The number of carbonyl (C=O) groups is 2. The van der Waals surface area contributed by atoms with Gasteiger partial charge in [-0.25, -0.2) is 4.79 Å². The lowest BCUT2D eigenvalue weighted by Crippen LogP contribution is -2.21. The fourth-order valence-electron chi connectivity index (χ4n) is 3.16. The van der Waals surface area contributed by atoms with Crippen LogP contribution in [0.15, 0.2) is 48.7 Å². The van der Waals surface area contributed by atoms with Crippen molar-refractivity contribution in [2.24, 2.45) is 0 Å². The average molecular weight is 523 g/mol. The monoisotopic (exact) mass is 522 g/mol. The van der Waals surface area contributed by atoms with Gasteiger partial charge in [0.2, 0.25) is 11.0 Å². The van der Waals surface area contributed by atoms with Crippen molar-refractivity contribution in [1.82, 2.24) is 15.2 Å². The summed E-state index contributed by atoms with van der Waals surface area (Å²) in [7, 11) is 3.21. The predicted octanol–water partition coefficient (Wildman–Crippen LogP) is 4.44. The van der Waals surface area contributed by atoms with E-state index in [-0.39, 0.29) is 12.3 Å². The zero-order valence-corrected chi connectivity index (χ0v) is 19.9. The van der Waals surface area contributed by atoms with Crippen LogP contribution < -0.4 is 14.8 Å². The smallest absolute Gasteiger partial charge is 0.490 e. The first kappa shape index (κ1) is 26.5. The Morgan fingerprint density at radius 1 is 1.08 bits per heavy atom. The molecule has 2 aromatic heterocycles. The number of carboxylic acids is 1. The van der Waals surface area contributed by atoms with Gasteiger partial charge in [0, 0.05) is 23.5 Å². The summed E-state index contributed by atoms with van der Waals surface area (Å²) in [4.78, 5) is 24.5. The van der Waals surface area contributed by atoms with E-state index in [1.165, 1.54) is 11.3 Å². The van der Waals surface area contributed by atoms with Gasteiger partial charge in [-0.05, 0) is 29.3 Å². The molecule has 0 radical (unpaired) electrons. The second-order valence-electron chi connectivity index (χ2n) is 7.25. The number of alkyl halides is 3. The Morgan fingerprint density at radius 3 is 2.44 bits per heavy atom. The number of amides is 1. The highest BCUT2D eigenvalue weighted by atomic mass is 32.1. The highest BCUT2D eigenvalue weighted by Crippen LogP contribution is 2.29. The number of aliphatic carboxylic acids is 1. The third-order valence-corrected chi connectivity index (χ3v) is 5.62.